The maximum atomic E-state index is 12.4. The second-order valence-corrected chi connectivity index (χ2v) is 5.53. The summed E-state index contributed by atoms with van der Waals surface area (Å²) in [6.45, 7) is 4.10. The van der Waals surface area contributed by atoms with Crippen LogP contribution in [0, 0.1) is 0 Å². The van der Waals surface area contributed by atoms with E-state index in [0.717, 1.165) is 11.3 Å². The molecule has 1 unspecified atom stereocenters. The third-order valence-corrected chi connectivity index (χ3v) is 3.97. The number of carbonyl (C=O) groups excluding carboxylic acids is 1. The Morgan fingerprint density at radius 2 is 1.96 bits per heavy atom. The molecule has 6 nitrogen and oxygen atoms in total. The minimum atomic E-state index is -0.654. The number of H-pyrrole nitrogens is 1. The van der Waals surface area contributed by atoms with Gasteiger partial charge in [-0.3, -0.25) is 9.59 Å². The molecule has 0 bridgehead atoms. The van der Waals surface area contributed by atoms with Crippen LogP contribution in [0.1, 0.15) is 53.6 Å². The zero-order valence-corrected chi connectivity index (χ0v) is 14.0. The first kappa shape index (κ1) is 17.9. The van der Waals surface area contributed by atoms with E-state index in [0.29, 0.717) is 24.8 Å². The SMILES string of the molecule is CCc1n[nH]c(=O)c(C(=O)NCCC(O)c2ccccc2)c1CC. The molecule has 3 N–H and O–H groups in total. The van der Waals surface area contributed by atoms with Gasteiger partial charge in [-0.05, 0) is 30.4 Å². The largest absolute Gasteiger partial charge is 0.388 e. The average Bonchev–Trinajstić information content (AvgIpc) is 2.61. The van der Waals surface area contributed by atoms with Crippen LogP contribution in [-0.2, 0) is 12.8 Å². The van der Waals surface area contributed by atoms with Crippen LogP contribution >= 0.6 is 0 Å². The van der Waals surface area contributed by atoms with Gasteiger partial charge in [0, 0.05) is 6.54 Å². The second-order valence-electron chi connectivity index (χ2n) is 5.53. The smallest absolute Gasteiger partial charge is 0.277 e. The van der Waals surface area contributed by atoms with Crippen molar-refractivity contribution in [3.05, 3.63) is 63.1 Å². The number of aromatic nitrogens is 2. The van der Waals surface area contributed by atoms with E-state index < -0.39 is 17.6 Å². The van der Waals surface area contributed by atoms with Crippen LogP contribution in [-0.4, -0.2) is 27.8 Å². The molecule has 0 aliphatic carbocycles. The number of nitrogens with one attached hydrogen (secondary N) is 2. The molecule has 1 aromatic carbocycles. The van der Waals surface area contributed by atoms with Gasteiger partial charge in [-0.1, -0.05) is 44.2 Å². The first-order valence-electron chi connectivity index (χ1n) is 8.20. The first-order valence-corrected chi connectivity index (χ1v) is 8.20. The topological polar surface area (TPSA) is 95.1 Å². The molecule has 1 amide bonds. The van der Waals surface area contributed by atoms with E-state index in [9.17, 15) is 14.7 Å². The van der Waals surface area contributed by atoms with Crippen LogP contribution in [0.5, 0.6) is 0 Å². The molecule has 1 aromatic heterocycles. The van der Waals surface area contributed by atoms with Gasteiger partial charge in [0.15, 0.2) is 0 Å². The summed E-state index contributed by atoms with van der Waals surface area (Å²) in [5.74, 6) is -0.425. The monoisotopic (exact) mass is 329 g/mol. The van der Waals surface area contributed by atoms with Crippen LogP contribution in [0.3, 0.4) is 0 Å². The maximum Gasteiger partial charge on any atom is 0.277 e. The molecule has 128 valence electrons. The van der Waals surface area contributed by atoms with Crippen molar-refractivity contribution < 1.29 is 9.90 Å². The lowest BCUT2D eigenvalue weighted by atomic mass is 10.0. The number of nitrogens with zero attached hydrogens (tertiary/aromatic N) is 1. The van der Waals surface area contributed by atoms with Gasteiger partial charge in [0.1, 0.15) is 5.56 Å². The van der Waals surface area contributed by atoms with Crippen molar-refractivity contribution in [2.75, 3.05) is 6.54 Å². The number of benzene rings is 1. The minimum absolute atomic E-state index is 0.124. The summed E-state index contributed by atoms with van der Waals surface area (Å²) in [5, 5.41) is 19.2. The van der Waals surface area contributed by atoms with Crippen molar-refractivity contribution >= 4 is 5.91 Å². The summed E-state index contributed by atoms with van der Waals surface area (Å²) < 4.78 is 0. The van der Waals surface area contributed by atoms with E-state index >= 15 is 0 Å². The molecule has 0 aliphatic rings. The van der Waals surface area contributed by atoms with Gasteiger partial charge in [-0.25, -0.2) is 5.10 Å². The van der Waals surface area contributed by atoms with Gasteiger partial charge in [0.05, 0.1) is 11.8 Å². The number of rotatable bonds is 7. The number of carbonyl (C=O) groups is 1. The fourth-order valence-electron chi connectivity index (χ4n) is 2.69. The number of amides is 1. The average molecular weight is 329 g/mol. The summed E-state index contributed by atoms with van der Waals surface area (Å²) >= 11 is 0. The lowest BCUT2D eigenvalue weighted by Crippen LogP contribution is -2.33. The highest BCUT2D eigenvalue weighted by Crippen LogP contribution is 2.15. The molecule has 0 radical (unpaired) electrons. The molecule has 6 heteroatoms. The fraction of sp³-hybridized carbons (Fsp3) is 0.389. The summed E-state index contributed by atoms with van der Waals surface area (Å²) in [4.78, 5) is 24.4. The summed E-state index contributed by atoms with van der Waals surface area (Å²) in [6, 6.07) is 9.26. The lowest BCUT2D eigenvalue weighted by molar-refractivity contribution is 0.0939. The number of aromatic amines is 1. The molecular formula is C18H23N3O3. The highest BCUT2D eigenvalue weighted by Gasteiger charge is 2.19. The Hall–Kier alpha value is -2.47. The van der Waals surface area contributed by atoms with E-state index in [1.807, 2.05) is 44.2 Å². The van der Waals surface area contributed by atoms with Crippen molar-refractivity contribution in [3.63, 3.8) is 0 Å². The van der Waals surface area contributed by atoms with Crippen LogP contribution in [0.4, 0.5) is 0 Å². The van der Waals surface area contributed by atoms with Crippen LogP contribution in [0.15, 0.2) is 35.1 Å². The Labute approximate surface area is 140 Å². The van der Waals surface area contributed by atoms with Gasteiger partial charge in [-0.15, -0.1) is 0 Å². The summed E-state index contributed by atoms with van der Waals surface area (Å²) in [7, 11) is 0. The molecule has 24 heavy (non-hydrogen) atoms. The van der Waals surface area contributed by atoms with Gasteiger partial charge in [0.2, 0.25) is 0 Å². The minimum Gasteiger partial charge on any atom is -0.388 e. The molecule has 0 saturated heterocycles. The summed E-state index contributed by atoms with van der Waals surface area (Å²) in [6.07, 6.45) is 0.933. The third kappa shape index (κ3) is 4.08. The van der Waals surface area contributed by atoms with Crippen molar-refractivity contribution in [2.45, 2.75) is 39.2 Å². The Kier molecular flexibility index (Phi) is 6.26. The Morgan fingerprint density at radius 3 is 2.58 bits per heavy atom. The number of aliphatic hydroxyl groups excluding tert-OH is 1. The molecule has 0 aliphatic heterocycles. The quantitative estimate of drug-likeness (QED) is 0.721. The highest BCUT2D eigenvalue weighted by molar-refractivity contribution is 5.95. The second kappa shape index (κ2) is 8.40. The summed E-state index contributed by atoms with van der Waals surface area (Å²) in [5.41, 5.74) is 1.86. The number of hydrogen-bond acceptors (Lipinski definition) is 4. The van der Waals surface area contributed by atoms with Crippen LogP contribution in [0.25, 0.3) is 0 Å². The Bertz CT molecular complexity index is 741. The molecule has 0 fully saturated rings. The standard InChI is InChI=1S/C18H23N3O3/c1-3-13-14(4-2)20-21-18(24)16(13)17(23)19-11-10-15(22)12-8-6-5-7-9-12/h5-9,15,22H,3-4,10-11H2,1-2H3,(H,19,23)(H,21,24). The highest BCUT2D eigenvalue weighted by atomic mass is 16.3. The molecule has 0 saturated carbocycles. The number of aryl methyl sites for hydroxylation is 1. The van der Waals surface area contributed by atoms with E-state index in [-0.39, 0.29) is 12.1 Å². The Morgan fingerprint density at radius 1 is 1.25 bits per heavy atom. The molecule has 2 aromatic rings. The van der Waals surface area contributed by atoms with E-state index in [1.165, 1.54) is 0 Å². The van der Waals surface area contributed by atoms with Crippen molar-refractivity contribution in [2.24, 2.45) is 0 Å². The molecular weight excluding hydrogens is 306 g/mol. The lowest BCUT2D eigenvalue weighted by Gasteiger charge is -2.13. The van der Waals surface area contributed by atoms with Gasteiger partial charge < -0.3 is 10.4 Å². The van der Waals surface area contributed by atoms with Gasteiger partial charge in [-0.2, -0.15) is 5.10 Å². The van der Waals surface area contributed by atoms with E-state index in [1.54, 1.807) is 0 Å². The predicted molar refractivity (Wildman–Crippen MR) is 92.0 cm³/mol. The van der Waals surface area contributed by atoms with E-state index in [2.05, 4.69) is 15.5 Å². The zero-order valence-electron chi connectivity index (χ0n) is 14.0. The predicted octanol–water partition coefficient (Wildman–Crippen LogP) is 1.75. The van der Waals surface area contributed by atoms with Gasteiger partial charge in [0.25, 0.3) is 11.5 Å². The van der Waals surface area contributed by atoms with Crippen LogP contribution < -0.4 is 10.9 Å². The zero-order chi connectivity index (χ0) is 17.5. The number of aliphatic hydroxyl groups is 1. The number of hydrogen-bond donors (Lipinski definition) is 3. The fourth-order valence-corrected chi connectivity index (χ4v) is 2.69. The maximum absolute atomic E-state index is 12.4. The molecule has 1 atom stereocenters. The first-order chi connectivity index (χ1) is 11.6. The van der Waals surface area contributed by atoms with Crippen molar-refractivity contribution in [3.8, 4) is 0 Å². The van der Waals surface area contributed by atoms with Crippen molar-refractivity contribution in [1.29, 1.82) is 0 Å². The molecule has 1 heterocycles. The van der Waals surface area contributed by atoms with Crippen LogP contribution in [0.2, 0.25) is 0 Å². The molecule has 2 rings (SSSR count). The van der Waals surface area contributed by atoms with E-state index in [4.69, 9.17) is 0 Å². The van der Waals surface area contributed by atoms with Crippen molar-refractivity contribution in [1.82, 2.24) is 15.5 Å². The van der Waals surface area contributed by atoms with Gasteiger partial charge >= 0.3 is 0 Å². The Balaban J connectivity index is 2.04. The normalized spacial score (nSPS) is 12.0. The molecule has 0 spiro atoms. The third-order valence-electron chi connectivity index (χ3n) is 3.97.